The van der Waals surface area contributed by atoms with Crippen LogP contribution in [-0.2, 0) is 34.3 Å². The lowest BCUT2D eigenvalue weighted by atomic mass is 9.94. The third kappa shape index (κ3) is 4.76. The molecular formula is C26H29N8O2S-. The maximum absolute atomic E-state index is 13.4. The van der Waals surface area contributed by atoms with E-state index in [-0.39, 0.29) is 5.56 Å². The molecule has 0 saturated heterocycles. The summed E-state index contributed by atoms with van der Waals surface area (Å²) in [6.45, 7) is 4.69. The molecule has 1 fully saturated rings. The molecule has 3 aromatic heterocycles. The number of hydrogen-bond acceptors (Lipinski definition) is 9. The number of hydrogen-bond donors (Lipinski definition) is 1. The maximum Gasteiger partial charge on any atom is 0.278 e. The molecule has 0 radical (unpaired) electrons. The number of aryl methyl sites for hydroxylation is 1. The van der Waals surface area contributed by atoms with Gasteiger partial charge in [0.2, 0.25) is 5.95 Å². The standard InChI is InChI=1S/C26H29N8O2S/c1-16-11-19(12-18-15-32(2)10-9-20(16)18)28-26-27-13-21-24(30-26)34(33(25(21)35)14-17-7-8-17)23-6-4-5-22(29-23)31-37(3)36/h4-6,11-13,17H,7-10,14-15H2,1-3H3,(H,27,28,30)/q-1. The molecule has 4 aromatic rings. The summed E-state index contributed by atoms with van der Waals surface area (Å²) in [5.74, 6) is 1.70. The van der Waals surface area contributed by atoms with Crippen LogP contribution in [0.2, 0.25) is 0 Å². The second-order valence-corrected chi connectivity index (χ2v) is 11.0. The number of likely N-dealkylation sites (N-methyl/N-ethyl adjacent to an activating group) is 1. The van der Waals surface area contributed by atoms with Crippen LogP contribution in [0.4, 0.5) is 17.5 Å². The Bertz CT molecular complexity index is 1660. The lowest BCUT2D eigenvalue weighted by Crippen LogP contribution is -2.27. The first-order valence-corrected chi connectivity index (χ1v) is 14.0. The van der Waals surface area contributed by atoms with E-state index in [1.807, 2.05) is 0 Å². The summed E-state index contributed by atoms with van der Waals surface area (Å²) in [4.78, 5) is 29.5. The van der Waals surface area contributed by atoms with Crippen LogP contribution in [0.25, 0.3) is 16.9 Å². The minimum Gasteiger partial charge on any atom is -0.444 e. The van der Waals surface area contributed by atoms with Gasteiger partial charge in [-0.25, -0.2) is 19.3 Å². The molecule has 192 valence electrons. The Labute approximate surface area is 216 Å². The van der Waals surface area contributed by atoms with Crippen molar-refractivity contribution in [2.75, 3.05) is 25.2 Å². The summed E-state index contributed by atoms with van der Waals surface area (Å²) in [5, 5.41) is 3.78. The zero-order valence-corrected chi connectivity index (χ0v) is 22.0. The van der Waals surface area contributed by atoms with Gasteiger partial charge in [0, 0.05) is 31.5 Å². The van der Waals surface area contributed by atoms with E-state index in [1.54, 1.807) is 33.8 Å². The lowest BCUT2D eigenvalue weighted by molar-refractivity contribution is 0.312. The van der Waals surface area contributed by atoms with Gasteiger partial charge in [-0.05, 0) is 80.1 Å². The van der Waals surface area contributed by atoms with E-state index in [1.165, 1.54) is 22.9 Å². The molecule has 10 nitrogen and oxygen atoms in total. The highest BCUT2D eigenvalue weighted by molar-refractivity contribution is 7.74. The Hall–Kier alpha value is -3.57. The van der Waals surface area contributed by atoms with Crippen molar-refractivity contribution in [3.05, 3.63) is 63.6 Å². The minimum absolute atomic E-state index is 0.149. The molecule has 1 saturated carbocycles. The molecule has 11 heteroatoms. The average Bonchev–Trinajstić information content (AvgIpc) is 3.63. The normalized spacial score (nSPS) is 16.7. The van der Waals surface area contributed by atoms with E-state index in [9.17, 15) is 9.00 Å². The molecule has 6 rings (SSSR count). The summed E-state index contributed by atoms with van der Waals surface area (Å²) < 4.78 is 19.2. The van der Waals surface area contributed by atoms with Crippen LogP contribution in [0.3, 0.4) is 0 Å². The first-order chi connectivity index (χ1) is 17.9. The van der Waals surface area contributed by atoms with E-state index in [2.05, 4.69) is 50.7 Å². The number of pyridine rings is 1. The van der Waals surface area contributed by atoms with Gasteiger partial charge in [-0.2, -0.15) is 15.6 Å². The van der Waals surface area contributed by atoms with Gasteiger partial charge in [0.05, 0.1) is 0 Å². The molecule has 0 atom stereocenters. The van der Waals surface area contributed by atoms with Gasteiger partial charge in [0.1, 0.15) is 11.2 Å². The largest absolute Gasteiger partial charge is 0.444 e. The summed E-state index contributed by atoms with van der Waals surface area (Å²) in [7, 11) is 0.741. The fraction of sp³-hybridized carbons (Fsp3) is 0.385. The highest BCUT2D eigenvalue weighted by atomic mass is 32.2. The number of aromatic nitrogens is 5. The predicted molar refractivity (Wildman–Crippen MR) is 144 cm³/mol. The smallest absolute Gasteiger partial charge is 0.278 e. The summed E-state index contributed by atoms with van der Waals surface area (Å²) in [6, 6.07) is 9.57. The second-order valence-electron chi connectivity index (χ2n) is 9.99. The third-order valence-corrected chi connectivity index (χ3v) is 7.41. The summed E-state index contributed by atoms with van der Waals surface area (Å²) in [5.41, 5.74) is 5.21. The van der Waals surface area contributed by atoms with Gasteiger partial charge in [-0.3, -0.25) is 4.79 Å². The van der Waals surface area contributed by atoms with Gasteiger partial charge < -0.3 is 18.8 Å². The first-order valence-electron chi connectivity index (χ1n) is 12.4. The number of anilines is 2. The summed E-state index contributed by atoms with van der Waals surface area (Å²) >= 11 is 0. The predicted octanol–water partition coefficient (Wildman–Crippen LogP) is 3.84. The number of benzene rings is 1. The molecule has 0 amide bonds. The number of nitrogens with one attached hydrogen (secondary N) is 1. The summed E-state index contributed by atoms with van der Waals surface area (Å²) in [6.07, 6.45) is 6.31. The van der Waals surface area contributed by atoms with Gasteiger partial charge >= 0.3 is 0 Å². The van der Waals surface area contributed by atoms with E-state index in [0.717, 1.165) is 38.0 Å². The fourth-order valence-electron chi connectivity index (χ4n) is 5.01. The lowest BCUT2D eigenvalue weighted by Gasteiger charge is -2.27. The Morgan fingerprint density at radius 2 is 2.05 bits per heavy atom. The minimum atomic E-state index is -1.39. The molecule has 0 bridgehead atoms. The van der Waals surface area contributed by atoms with Gasteiger partial charge in [-0.15, -0.1) is 6.26 Å². The first kappa shape index (κ1) is 23.8. The van der Waals surface area contributed by atoms with Crippen molar-refractivity contribution in [3.63, 3.8) is 0 Å². The van der Waals surface area contributed by atoms with Crippen LogP contribution in [0.1, 0.15) is 29.5 Å². The third-order valence-electron chi connectivity index (χ3n) is 6.97. The molecule has 0 unspecified atom stereocenters. The number of rotatable bonds is 6. The van der Waals surface area contributed by atoms with Crippen LogP contribution < -0.4 is 10.9 Å². The molecule has 4 heterocycles. The second kappa shape index (κ2) is 9.38. The SMILES string of the molecule is Cc1cc(Nc2ncc3c(=O)n(CC4CC4)n(-c4cccc(N=[S-](C)=O)n4)c3n2)cc2c1CCN(C)C2. The Morgan fingerprint density at radius 3 is 2.84 bits per heavy atom. The van der Waals surface area contributed by atoms with Crippen LogP contribution in [0.15, 0.2) is 45.7 Å². The molecule has 1 N–H and O–H groups in total. The van der Waals surface area contributed by atoms with Crippen molar-refractivity contribution in [1.29, 1.82) is 0 Å². The van der Waals surface area contributed by atoms with Gasteiger partial charge in [0.25, 0.3) is 5.56 Å². The van der Waals surface area contributed by atoms with Crippen molar-refractivity contribution in [3.8, 4) is 5.82 Å². The quantitative estimate of drug-likeness (QED) is 0.387. The van der Waals surface area contributed by atoms with Crippen molar-refractivity contribution in [1.82, 2.24) is 29.2 Å². The molecular weight excluding hydrogens is 488 g/mol. The van der Waals surface area contributed by atoms with Crippen LogP contribution in [-0.4, -0.2) is 49.1 Å². The Morgan fingerprint density at radius 1 is 1.22 bits per heavy atom. The van der Waals surface area contributed by atoms with Crippen LogP contribution in [0.5, 0.6) is 0 Å². The molecule has 2 aliphatic rings. The van der Waals surface area contributed by atoms with Gasteiger partial charge in [0.15, 0.2) is 11.5 Å². The maximum atomic E-state index is 13.4. The molecule has 1 aromatic carbocycles. The van der Waals surface area contributed by atoms with Crippen LogP contribution in [0, 0.1) is 12.8 Å². The molecule has 1 aliphatic heterocycles. The highest BCUT2D eigenvalue weighted by Crippen LogP contribution is 2.31. The van der Waals surface area contributed by atoms with Crippen molar-refractivity contribution in [2.45, 2.75) is 39.3 Å². The molecule has 1 aliphatic carbocycles. The highest BCUT2D eigenvalue weighted by Gasteiger charge is 2.27. The zero-order valence-electron chi connectivity index (χ0n) is 21.1. The average molecular weight is 518 g/mol. The van der Waals surface area contributed by atoms with Crippen molar-refractivity contribution in [2.24, 2.45) is 10.3 Å². The van der Waals surface area contributed by atoms with E-state index in [0.29, 0.717) is 41.1 Å². The van der Waals surface area contributed by atoms with E-state index >= 15 is 0 Å². The Balaban J connectivity index is 1.45. The molecule has 37 heavy (non-hydrogen) atoms. The monoisotopic (exact) mass is 517 g/mol. The van der Waals surface area contributed by atoms with Crippen molar-refractivity contribution >= 4 is 39.1 Å². The molecule has 0 spiro atoms. The van der Waals surface area contributed by atoms with Crippen molar-refractivity contribution < 1.29 is 4.21 Å². The topological polar surface area (TPSA) is 110 Å². The van der Waals surface area contributed by atoms with E-state index < -0.39 is 10.6 Å². The number of fused-ring (bicyclic) bond motifs is 2. The van der Waals surface area contributed by atoms with E-state index in [4.69, 9.17) is 4.98 Å². The van der Waals surface area contributed by atoms with Crippen LogP contribution >= 0.6 is 0 Å². The Kier molecular flexibility index (Phi) is 6.04. The van der Waals surface area contributed by atoms with Gasteiger partial charge in [-0.1, -0.05) is 6.07 Å². The zero-order chi connectivity index (χ0) is 25.7. The fourth-order valence-corrected chi connectivity index (χ4v) is 5.37. The number of nitrogens with zero attached hydrogens (tertiary/aromatic N) is 7.